The summed E-state index contributed by atoms with van der Waals surface area (Å²) in [6.07, 6.45) is 3.20. The summed E-state index contributed by atoms with van der Waals surface area (Å²) in [5.74, 6) is 0.0947. The van der Waals surface area contributed by atoms with Gasteiger partial charge in [0.05, 0.1) is 11.4 Å². The van der Waals surface area contributed by atoms with E-state index < -0.39 is 15.9 Å². The summed E-state index contributed by atoms with van der Waals surface area (Å²) in [5.41, 5.74) is 1.79. The van der Waals surface area contributed by atoms with Crippen LogP contribution in [0.4, 0.5) is 5.82 Å². The number of carbonyl (C=O) groups excluding carboxylic acids is 1. The number of rotatable bonds is 5. The molecule has 0 spiro atoms. The lowest BCUT2D eigenvalue weighted by Crippen LogP contribution is -2.27. The Morgan fingerprint density at radius 2 is 1.90 bits per heavy atom. The minimum atomic E-state index is -3.59. The summed E-state index contributed by atoms with van der Waals surface area (Å²) in [6.45, 7) is 2.88. The predicted octanol–water partition coefficient (Wildman–Crippen LogP) is 3.32. The maximum atomic E-state index is 13.0. The molecule has 2 aromatic heterocycles. The minimum absolute atomic E-state index is 0.133. The first-order chi connectivity index (χ1) is 14.3. The van der Waals surface area contributed by atoms with Crippen molar-refractivity contribution >= 4 is 37.7 Å². The summed E-state index contributed by atoms with van der Waals surface area (Å²) in [6, 6.07) is 10.8. The van der Waals surface area contributed by atoms with Crippen molar-refractivity contribution < 1.29 is 13.2 Å². The average Bonchev–Trinajstić information content (AvgIpc) is 3.42. The van der Waals surface area contributed by atoms with Crippen molar-refractivity contribution in [2.45, 2.75) is 24.7 Å². The molecule has 3 heterocycles. The fraction of sp³-hybridized carbons (Fsp3) is 0.300. The van der Waals surface area contributed by atoms with Crippen LogP contribution in [-0.2, 0) is 17.1 Å². The molecule has 0 unspecified atom stereocenters. The summed E-state index contributed by atoms with van der Waals surface area (Å²) in [5, 5.41) is 7.32. The van der Waals surface area contributed by atoms with Gasteiger partial charge in [-0.1, -0.05) is 22.0 Å². The fourth-order valence-electron chi connectivity index (χ4n) is 3.55. The zero-order valence-electron chi connectivity index (χ0n) is 16.7. The first-order valence-corrected chi connectivity index (χ1v) is 11.8. The number of halogens is 1. The summed E-state index contributed by atoms with van der Waals surface area (Å²) in [7, 11) is -1.93. The lowest BCUT2D eigenvalue weighted by Gasteiger charge is -2.13. The van der Waals surface area contributed by atoms with E-state index in [9.17, 15) is 13.2 Å². The second kappa shape index (κ2) is 8.01. The second-order valence-corrected chi connectivity index (χ2v) is 10.2. The number of hydrogen-bond acceptors (Lipinski definition) is 4. The highest BCUT2D eigenvalue weighted by atomic mass is 79.9. The zero-order chi connectivity index (χ0) is 21.5. The van der Waals surface area contributed by atoms with Crippen molar-refractivity contribution in [2.75, 3.05) is 18.4 Å². The minimum Gasteiger partial charge on any atom is -0.345 e. The number of benzene rings is 1. The van der Waals surface area contributed by atoms with Crippen LogP contribution in [0.2, 0.25) is 0 Å². The summed E-state index contributed by atoms with van der Waals surface area (Å²) in [4.78, 5) is 13.1. The summed E-state index contributed by atoms with van der Waals surface area (Å²) >= 11 is 3.44. The molecule has 0 aliphatic carbocycles. The standard InChI is InChI=1S/C20H22BrN5O3S/c1-14-10-19(26(23-14)16-7-5-6-15(21)11-16)22-20(27)18-12-17(13-24(18)2)30(28,29)25-8-3-4-9-25/h5-7,10-13H,3-4,8-9H2,1-2H3,(H,22,27). The van der Waals surface area contributed by atoms with Crippen molar-refractivity contribution in [3.63, 3.8) is 0 Å². The number of aryl methyl sites for hydroxylation is 2. The van der Waals surface area contributed by atoms with E-state index >= 15 is 0 Å². The monoisotopic (exact) mass is 491 g/mol. The van der Waals surface area contributed by atoms with Gasteiger partial charge in [-0.15, -0.1) is 0 Å². The Morgan fingerprint density at radius 3 is 2.60 bits per heavy atom. The molecule has 1 aromatic carbocycles. The van der Waals surface area contributed by atoms with Crippen LogP contribution in [0.15, 0.2) is 52.0 Å². The smallest absolute Gasteiger partial charge is 0.273 e. The van der Waals surface area contributed by atoms with Crippen molar-refractivity contribution in [1.82, 2.24) is 18.7 Å². The van der Waals surface area contributed by atoms with Gasteiger partial charge in [-0.2, -0.15) is 9.40 Å². The van der Waals surface area contributed by atoms with E-state index in [0.29, 0.717) is 18.9 Å². The van der Waals surface area contributed by atoms with Gasteiger partial charge in [0.25, 0.3) is 5.91 Å². The van der Waals surface area contributed by atoms with E-state index in [1.54, 1.807) is 17.8 Å². The molecular weight excluding hydrogens is 470 g/mol. The molecular formula is C20H22BrN5O3S. The molecule has 0 radical (unpaired) electrons. The fourth-order valence-corrected chi connectivity index (χ4v) is 5.53. The van der Waals surface area contributed by atoms with Crippen molar-refractivity contribution in [2.24, 2.45) is 7.05 Å². The third-order valence-electron chi connectivity index (χ3n) is 5.04. The first kappa shape index (κ1) is 20.8. The van der Waals surface area contributed by atoms with E-state index in [-0.39, 0.29) is 10.6 Å². The molecule has 1 aliphatic rings. The number of hydrogen-bond donors (Lipinski definition) is 1. The van der Waals surface area contributed by atoms with E-state index in [1.807, 2.05) is 31.2 Å². The van der Waals surface area contributed by atoms with Gasteiger partial charge in [0, 0.05) is 36.9 Å². The van der Waals surface area contributed by atoms with Gasteiger partial charge in [-0.05, 0) is 44.0 Å². The molecule has 3 aromatic rings. The van der Waals surface area contributed by atoms with Gasteiger partial charge in [0.15, 0.2) is 0 Å². The largest absolute Gasteiger partial charge is 0.345 e. The molecule has 1 fully saturated rings. The highest BCUT2D eigenvalue weighted by Gasteiger charge is 2.29. The number of nitrogens with zero attached hydrogens (tertiary/aromatic N) is 4. The Balaban J connectivity index is 1.62. The van der Waals surface area contributed by atoms with E-state index in [0.717, 1.165) is 28.7 Å². The van der Waals surface area contributed by atoms with E-state index in [1.165, 1.54) is 21.1 Å². The van der Waals surface area contributed by atoms with Crippen molar-refractivity contribution in [3.8, 4) is 5.69 Å². The molecule has 0 bridgehead atoms. The van der Waals surface area contributed by atoms with Gasteiger partial charge in [-0.25, -0.2) is 13.1 Å². The lowest BCUT2D eigenvalue weighted by molar-refractivity contribution is 0.101. The molecule has 8 nitrogen and oxygen atoms in total. The number of amides is 1. The predicted molar refractivity (Wildman–Crippen MR) is 117 cm³/mol. The summed E-state index contributed by atoms with van der Waals surface area (Å²) < 4.78 is 31.2. The molecule has 1 amide bonds. The molecule has 0 atom stereocenters. The Hall–Kier alpha value is -2.43. The maximum absolute atomic E-state index is 13.0. The maximum Gasteiger partial charge on any atom is 0.273 e. The van der Waals surface area contributed by atoms with Gasteiger partial charge in [0.1, 0.15) is 16.4 Å². The average molecular weight is 492 g/mol. The number of anilines is 1. The van der Waals surface area contributed by atoms with Crippen LogP contribution in [0.5, 0.6) is 0 Å². The van der Waals surface area contributed by atoms with Crippen molar-refractivity contribution in [1.29, 1.82) is 0 Å². The van der Waals surface area contributed by atoms with Gasteiger partial charge in [-0.3, -0.25) is 4.79 Å². The second-order valence-electron chi connectivity index (χ2n) is 7.30. The van der Waals surface area contributed by atoms with Gasteiger partial charge in [0.2, 0.25) is 10.0 Å². The Labute approximate surface area is 183 Å². The lowest BCUT2D eigenvalue weighted by atomic mass is 10.3. The van der Waals surface area contributed by atoms with E-state index in [2.05, 4.69) is 26.3 Å². The zero-order valence-corrected chi connectivity index (χ0v) is 19.1. The third kappa shape index (κ3) is 3.94. The Kier molecular flexibility index (Phi) is 5.56. The van der Waals surface area contributed by atoms with Crippen LogP contribution < -0.4 is 5.32 Å². The molecule has 1 aliphatic heterocycles. The van der Waals surface area contributed by atoms with Crippen LogP contribution >= 0.6 is 15.9 Å². The molecule has 4 rings (SSSR count). The van der Waals surface area contributed by atoms with Crippen LogP contribution in [0.3, 0.4) is 0 Å². The van der Waals surface area contributed by atoms with Crippen molar-refractivity contribution in [3.05, 3.63) is 58.5 Å². The molecule has 1 N–H and O–H groups in total. The van der Waals surface area contributed by atoms with Crippen LogP contribution in [0.25, 0.3) is 5.69 Å². The van der Waals surface area contributed by atoms with E-state index in [4.69, 9.17) is 0 Å². The first-order valence-electron chi connectivity index (χ1n) is 9.56. The molecule has 158 valence electrons. The number of aromatic nitrogens is 3. The van der Waals surface area contributed by atoms with Crippen LogP contribution in [0, 0.1) is 6.92 Å². The van der Waals surface area contributed by atoms with Crippen LogP contribution in [0.1, 0.15) is 29.0 Å². The van der Waals surface area contributed by atoms with Gasteiger partial charge >= 0.3 is 0 Å². The highest BCUT2D eigenvalue weighted by Crippen LogP contribution is 2.24. The van der Waals surface area contributed by atoms with Crippen LogP contribution in [-0.4, -0.2) is 46.1 Å². The topological polar surface area (TPSA) is 89.2 Å². The SMILES string of the molecule is Cc1cc(NC(=O)c2cc(S(=O)(=O)N3CCCC3)cn2C)n(-c2cccc(Br)c2)n1. The highest BCUT2D eigenvalue weighted by molar-refractivity contribution is 9.10. The Bertz CT molecular complexity index is 1210. The number of carbonyl (C=O) groups is 1. The molecule has 10 heteroatoms. The normalized spacial score (nSPS) is 14.9. The molecule has 30 heavy (non-hydrogen) atoms. The van der Waals surface area contributed by atoms with Gasteiger partial charge < -0.3 is 9.88 Å². The third-order valence-corrected chi connectivity index (χ3v) is 7.40. The quantitative estimate of drug-likeness (QED) is 0.592. The molecule has 0 saturated carbocycles. The molecule has 1 saturated heterocycles. The number of sulfonamides is 1. The number of nitrogens with one attached hydrogen (secondary N) is 1. The Morgan fingerprint density at radius 1 is 1.17 bits per heavy atom.